The zero-order chi connectivity index (χ0) is 14.1. The van der Waals surface area contributed by atoms with Crippen molar-refractivity contribution >= 4 is 29.1 Å². The molecule has 5 heteroatoms. The first-order chi connectivity index (χ1) is 9.66. The second-order valence-corrected chi connectivity index (χ2v) is 6.51. The van der Waals surface area contributed by atoms with Crippen molar-refractivity contribution in [1.29, 1.82) is 0 Å². The molecule has 1 amide bonds. The monoisotopic (exact) mass is 312 g/mol. The molecule has 1 aromatic rings. The standard InChI is InChI=1S/C15H18Cl2N2O/c16-12-8-11(9-18-14(12)17)15(20)19-7-3-5-10-4-1-2-6-13(10)19/h8-10,13H,1-7H2. The lowest BCUT2D eigenvalue weighted by atomic mass is 9.78. The van der Waals surface area contributed by atoms with Crippen molar-refractivity contribution in [3.63, 3.8) is 0 Å². The van der Waals surface area contributed by atoms with Gasteiger partial charge in [0.2, 0.25) is 0 Å². The second kappa shape index (κ2) is 5.90. The number of carbonyl (C=O) groups excluding carboxylic acids is 1. The van der Waals surface area contributed by atoms with Crippen LogP contribution in [0.2, 0.25) is 10.2 Å². The molecule has 1 aliphatic carbocycles. The molecule has 20 heavy (non-hydrogen) atoms. The molecule has 1 saturated heterocycles. The van der Waals surface area contributed by atoms with Gasteiger partial charge in [0.25, 0.3) is 5.91 Å². The summed E-state index contributed by atoms with van der Waals surface area (Å²) < 4.78 is 0. The lowest BCUT2D eigenvalue weighted by Gasteiger charge is -2.44. The van der Waals surface area contributed by atoms with Crippen molar-refractivity contribution in [2.24, 2.45) is 5.92 Å². The van der Waals surface area contributed by atoms with E-state index in [0.29, 0.717) is 22.5 Å². The van der Waals surface area contributed by atoms with Gasteiger partial charge >= 0.3 is 0 Å². The number of amides is 1. The lowest BCUT2D eigenvalue weighted by molar-refractivity contribution is 0.0390. The molecule has 1 aromatic heterocycles. The van der Waals surface area contributed by atoms with Gasteiger partial charge in [-0.05, 0) is 37.7 Å². The quantitative estimate of drug-likeness (QED) is 0.729. The third kappa shape index (κ3) is 2.66. The highest BCUT2D eigenvalue weighted by Gasteiger charge is 2.36. The van der Waals surface area contributed by atoms with Gasteiger partial charge in [0.15, 0.2) is 0 Å². The van der Waals surface area contributed by atoms with Gasteiger partial charge < -0.3 is 4.90 Å². The molecule has 3 rings (SSSR count). The molecule has 2 aliphatic rings. The van der Waals surface area contributed by atoms with E-state index in [1.54, 1.807) is 6.07 Å². The van der Waals surface area contributed by atoms with Crippen molar-refractivity contribution < 1.29 is 4.79 Å². The number of hydrogen-bond donors (Lipinski definition) is 0. The van der Waals surface area contributed by atoms with E-state index in [1.807, 2.05) is 4.90 Å². The van der Waals surface area contributed by atoms with Crippen LogP contribution < -0.4 is 0 Å². The van der Waals surface area contributed by atoms with E-state index >= 15 is 0 Å². The van der Waals surface area contributed by atoms with E-state index < -0.39 is 0 Å². The average Bonchev–Trinajstić information content (AvgIpc) is 2.49. The van der Waals surface area contributed by atoms with Crippen molar-refractivity contribution in [2.75, 3.05) is 6.54 Å². The zero-order valence-corrected chi connectivity index (χ0v) is 12.8. The average molecular weight is 313 g/mol. The molecule has 2 heterocycles. The van der Waals surface area contributed by atoms with Crippen molar-refractivity contribution in [3.8, 4) is 0 Å². The molecule has 1 aliphatic heterocycles. The molecule has 3 nitrogen and oxygen atoms in total. The topological polar surface area (TPSA) is 33.2 Å². The maximum absolute atomic E-state index is 12.7. The van der Waals surface area contributed by atoms with Crippen LogP contribution >= 0.6 is 23.2 Å². The Labute approximate surface area is 129 Å². The number of rotatable bonds is 1. The Morgan fingerprint density at radius 2 is 1.95 bits per heavy atom. The van der Waals surface area contributed by atoms with E-state index in [4.69, 9.17) is 23.2 Å². The fourth-order valence-corrected chi connectivity index (χ4v) is 3.85. The molecule has 2 unspecified atom stereocenters. The first-order valence-corrected chi connectivity index (χ1v) is 8.04. The Morgan fingerprint density at radius 1 is 1.20 bits per heavy atom. The van der Waals surface area contributed by atoms with Crippen LogP contribution in [0.3, 0.4) is 0 Å². The maximum Gasteiger partial charge on any atom is 0.255 e. The molecule has 2 atom stereocenters. The minimum Gasteiger partial charge on any atom is -0.335 e. The predicted octanol–water partition coefficient (Wildman–Crippen LogP) is 4.18. The molecular weight excluding hydrogens is 295 g/mol. The number of carbonyl (C=O) groups is 1. The van der Waals surface area contributed by atoms with Crippen LogP contribution in [0.15, 0.2) is 12.3 Å². The normalized spacial score (nSPS) is 26.2. The van der Waals surface area contributed by atoms with Crippen LogP contribution in [0.4, 0.5) is 0 Å². The van der Waals surface area contributed by atoms with E-state index in [9.17, 15) is 4.79 Å². The summed E-state index contributed by atoms with van der Waals surface area (Å²) in [5.41, 5.74) is 0.547. The smallest absolute Gasteiger partial charge is 0.255 e. The van der Waals surface area contributed by atoms with E-state index in [0.717, 1.165) is 19.4 Å². The Balaban J connectivity index is 1.83. The number of nitrogens with zero attached hydrogens (tertiary/aromatic N) is 2. The first kappa shape index (κ1) is 14.2. The van der Waals surface area contributed by atoms with Crippen molar-refractivity contribution in [1.82, 2.24) is 9.88 Å². The molecule has 108 valence electrons. The molecule has 0 N–H and O–H groups in total. The zero-order valence-electron chi connectivity index (χ0n) is 11.3. The Morgan fingerprint density at radius 3 is 2.75 bits per heavy atom. The van der Waals surface area contributed by atoms with Gasteiger partial charge in [-0.2, -0.15) is 0 Å². The van der Waals surface area contributed by atoms with Crippen LogP contribution in [0, 0.1) is 5.92 Å². The van der Waals surface area contributed by atoms with Crippen LogP contribution in [-0.2, 0) is 0 Å². The van der Waals surface area contributed by atoms with Gasteiger partial charge in [-0.25, -0.2) is 4.98 Å². The molecule has 2 fully saturated rings. The third-order valence-electron chi connectivity index (χ3n) is 4.55. The summed E-state index contributed by atoms with van der Waals surface area (Å²) in [6.45, 7) is 0.847. The summed E-state index contributed by atoms with van der Waals surface area (Å²) >= 11 is 11.8. The van der Waals surface area contributed by atoms with Gasteiger partial charge in [-0.1, -0.05) is 36.0 Å². The number of halogens is 2. The van der Waals surface area contributed by atoms with E-state index in [2.05, 4.69) is 4.98 Å². The number of pyridine rings is 1. The highest BCUT2D eigenvalue weighted by Crippen LogP contribution is 2.36. The first-order valence-electron chi connectivity index (χ1n) is 7.29. The summed E-state index contributed by atoms with van der Waals surface area (Å²) in [6, 6.07) is 2.03. The summed E-state index contributed by atoms with van der Waals surface area (Å²) in [4.78, 5) is 18.7. The molecule has 0 aromatic carbocycles. The van der Waals surface area contributed by atoms with E-state index in [-0.39, 0.29) is 11.1 Å². The summed E-state index contributed by atoms with van der Waals surface area (Å²) in [7, 11) is 0. The fourth-order valence-electron chi connectivity index (χ4n) is 3.58. The highest BCUT2D eigenvalue weighted by atomic mass is 35.5. The summed E-state index contributed by atoms with van der Waals surface area (Å²) in [5, 5.41) is 0.590. The number of likely N-dealkylation sites (tertiary alicyclic amines) is 1. The largest absolute Gasteiger partial charge is 0.335 e. The Bertz CT molecular complexity index is 519. The van der Waals surface area contributed by atoms with Gasteiger partial charge in [-0.3, -0.25) is 4.79 Å². The van der Waals surface area contributed by atoms with Gasteiger partial charge in [-0.15, -0.1) is 0 Å². The third-order valence-corrected chi connectivity index (χ3v) is 5.23. The fraction of sp³-hybridized carbons (Fsp3) is 0.600. The summed E-state index contributed by atoms with van der Waals surface area (Å²) in [6.07, 6.45) is 8.81. The highest BCUT2D eigenvalue weighted by molar-refractivity contribution is 6.41. The Hall–Kier alpha value is -0.800. The number of hydrogen-bond acceptors (Lipinski definition) is 2. The van der Waals surface area contributed by atoms with E-state index in [1.165, 1.54) is 31.9 Å². The van der Waals surface area contributed by atoms with Crippen LogP contribution in [0.1, 0.15) is 48.9 Å². The molecule has 0 radical (unpaired) electrons. The number of piperidine rings is 1. The van der Waals surface area contributed by atoms with Crippen molar-refractivity contribution in [2.45, 2.75) is 44.6 Å². The minimum absolute atomic E-state index is 0.0488. The summed E-state index contributed by atoms with van der Waals surface area (Å²) in [5.74, 6) is 0.727. The maximum atomic E-state index is 12.7. The van der Waals surface area contributed by atoms with Gasteiger partial charge in [0.1, 0.15) is 5.15 Å². The predicted molar refractivity (Wildman–Crippen MR) is 80.3 cm³/mol. The van der Waals surface area contributed by atoms with Crippen molar-refractivity contribution in [3.05, 3.63) is 28.0 Å². The lowest BCUT2D eigenvalue weighted by Crippen LogP contribution is -2.49. The molecule has 1 saturated carbocycles. The van der Waals surface area contributed by atoms with Crippen LogP contribution in [0.25, 0.3) is 0 Å². The number of aromatic nitrogens is 1. The molecule has 0 bridgehead atoms. The number of fused-ring (bicyclic) bond motifs is 1. The van der Waals surface area contributed by atoms with Crippen LogP contribution in [-0.4, -0.2) is 28.4 Å². The Kier molecular flexibility index (Phi) is 4.18. The van der Waals surface area contributed by atoms with Gasteiger partial charge in [0, 0.05) is 18.8 Å². The molecule has 0 spiro atoms. The molecular formula is C15H18Cl2N2O. The van der Waals surface area contributed by atoms with Crippen LogP contribution in [0.5, 0.6) is 0 Å². The minimum atomic E-state index is 0.0488. The van der Waals surface area contributed by atoms with Gasteiger partial charge in [0.05, 0.1) is 10.6 Å². The second-order valence-electron chi connectivity index (χ2n) is 5.75. The SMILES string of the molecule is O=C(c1cnc(Cl)c(Cl)c1)N1CCCC2CCCCC21.